The van der Waals surface area contributed by atoms with Crippen molar-refractivity contribution in [2.45, 2.75) is 110 Å². The minimum absolute atomic E-state index is 0.0692. The summed E-state index contributed by atoms with van der Waals surface area (Å²) in [6, 6.07) is 0. The first-order valence-corrected chi connectivity index (χ1v) is 12.6. The molecule has 1 fully saturated rings. The molecule has 7 nitrogen and oxygen atoms in total. The number of hydrogen-bond acceptors (Lipinski definition) is 7. The molecule has 192 valence electrons. The lowest BCUT2D eigenvalue weighted by molar-refractivity contribution is -0.167. The summed E-state index contributed by atoms with van der Waals surface area (Å²) in [5.74, 6) is -0.734. The highest BCUT2D eigenvalue weighted by atomic mass is 16.7. The molecule has 0 amide bonds. The second-order valence-corrected chi connectivity index (χ2v) is 10.4. The van der Waals surface area contributed by atoms with E-state index in [1.54, 1.807) is 7.11 Å². The lowest BCUT2D eigenvalue weighted by Crippen LogP contribution is -2.35. The van der Waals surface area contributed by atoms with E-state index < -0.39 is 17.8 Å². The Bertz CT molecular complexity index is 605. The van der Waals surface area contributed by atoms with Crippen LogP contribution >= 0.6 is 0 Å². The number of cyclic esters (lactones) is 1. The highest BCUT2D eigenvalue weighted by molar-refractivity contribution is 5.72. The van der Waals surface area contributed by atoms with Crippen molar-refractivity contribution in [3.05, 3.63) is 12.2 Å². The van der Waals surface area contributed by atoms with E-state index in [0.29, 0.717) is 24.7 Å². The predicted molar refractivity (Wildman–Crippen MR) is 126 cm³/mol. The molecule has 33 heavy (non-hydrogen) atoms. The Morgan fingerprint density at radius 2 is 1.73 bits per heavy atom. The van der Waals surface area contributed by atoms with Crippen molar-refractivity contribution in [3.63, 3.8) is 0 Å². The molecule has 0 aliphatic carbocycles. The lowest BCUT2D eigenvalue weighted by atomic mass is 9.90. The van der Waals surface area contributed by atoms with Gasteiger partial charge in [0, 0.05) is 7.11 Å². The highest BCUT2D eigenvalue weighted by Gasteiger charge is 2.40. The standard InChI is InChI=1S/C26H46O7/c1-18-10-8-7-9-11-22-23(33-26(4,5)32-22)13-12-19(2)15-24(30-17-29-6)20(3)25(28)31-21(14-18)16-27/h7-8,18-24,27H,9-17H2,1-6H3/b8-7+/t18-,19+,20-,21+,22+,23+,24-/m1/s1. The van der Waals surface area contributed by atoms with Gasteiger partial charge in [0.1, 0.15) is 12.9 Å². The van der Waals surface area contributed by atoms with Crippen LogP contribution in [0.25, 0.3) is 0 Å². The van der Waals surface area contributed by atoms with E-state index >= 15 is 0 Å². The van der Waals surface area contributed by atoms with Crippen LogP contribution in [0, 0.1) is 17.8 Å². The largest absolute Gasteiger partial charge is 0.460 e. The molecule has 0 unspecified atom stereocenters. The summed E-state index contributed by atoms with van der Waals surface area (Å²) in [4.78, 5) is 12.9. The molecule has 2 aliphatic heterocycles. The maximum absolute atomic E-state index is 12.9. The minimum Gasteiger partial charge on any atom is -0.460 e. The Morgan fingerprint density at radius 3 is 2.39 bits per heavy atom. The van der Waals surface area contributed by atoms with Gasteiger partial charge in [0.25, 0.3) is 0 Å². The Kier molecular flexibility index (Phi) is 11.8. The first kappa shape index (κ1) is 28.2. The summed E-state index contributed by atoms with van der Waals surface area (Å²) >= 11 is 0. The molecule has 0 bridgehead atoms. The molecular weight excluding hydrogens is 424 g/mol. The molecule has 7 heteroatoms. The van der Waals surface area contributed by atoms with E-state index in [1.165, 1.54) is 0 Å². The molecule has 0 saturated carbocycles. The number of aliphatic hydroxyl groups excluding tert-OH is 1. The van der Waals surface area contributed by atoms with Crippen LogP contribution in [-0.4, -0.2) is 61.8 Å². The van der Waals surface area contributed by atoms with Crippen LogP contribution in [0.4, 0.5) is 0 Å². The fourth-order valence-electron chi connectivity index (χ4n) is 4.77. The van der Waals surface area contributed by atoms with Crippen molar-refractivity contribution in [2.75, 3.05) is 20.5 Å². The number of hydrogen-bond donors (Lipinski definition) is 1. The van der Waals surface area contributed by atoms with Gasteiger partial charge in [-0.15, -0.1) is 0 Å². The molecule has 2 aliphatic rings. The topological polar surface area (TPSA) is 83.5 Å². The number of carbonyl (C=O) groups is 1. The maximum Gasteiger partial charge on any atom is 0.311 e. The summed E-state index contributed by atoms with van der Waals surface area (Å²) in [7, 11) is 1.57. The van der Waals surface area contributed by atoms with Gasteiger partial charge in [-0.1, -0.05) is 26.0 Å². The highest BCUT2D eigenvalue weighted by Crippen LogP contribution is 2.34. The molecule has 1 saturated heterocycles. The predicted octanol–water partition coefficient (Wildman–Crippen LogP) is 4.61. The molecule has 0 radical (unpaired) electrons. The van der Waals surface area contributed by atoms with Gasteiger partial charge in [0.05, 0.1) is 30.8 Å². The number of esters is 1. The van der Waals surface area contributed by atoms with Crippen LogP contribution in [0.5, 0.6) is 0 Å². The molecule has 0 aromatic heterocycles. The van der Waals surface area contributed by atoms with Gasteiger partial charge >= 0.3 is 5.97 Å². The monoisotopic (exact) mass is 470 g/mol. The molecule has 0 aromatic rings. The number of allylic oxidation sites excluding steroid dienone is 2. The summed E-state index contributed by atoms with van der Waals surface area (Å²) in [5, 5.41) is 9.78. The third-order valence-electron chi connectivity index (χ3n) is 6.67. The average Bonchev–Trinajstić information content (AvgIpc) is 3.06. The van der Waals surface area contributed by atoms with Gasteiger partial charge in [-0.2, -0.15) is 0 Å². The van der Waals surface area contributed by atoms with Crippen LogP contribution in [-0.2, 0) is 28.5 Å². The number of methoxy groups -OCH3 is 1. The molecule has 2 heterocycles. The molecule has 2 rings (SSSR count). The van der Waals surface area contributed by atoms with Gasteiger partial charge in [-0.25, -0.2) is 0 Å². The van der Waals surface area contributed by atoms with Crippen LogP contribution < -0.4 is 0 Å². The van der Waals surface area contributed by atoms with Crippen LogP contribution in [0.2, 0.25) is 0 Å². The van der Waals surface area contributed by atoms with Gasteiger partial charge < -0.3 is 28.8 Å². The van der Waals surface area contributed by atoms with Crippen molar-refractivity contribution >= 4 is 5.97 Å². The zero-order valence-corrected chi connectivity index (χ0v) is 21.5. The summed E-state index contributed by atoms with van der Waals surface area (Å²) in [6.07, 6.45) is 9.63. The van der Waals surface area contributed by atoms with Crippen molar-refractivity contribution in [1.29, 1.82) is 0 Å². The molecular formula is C26H46O7. The summed E-state index contributed by atoms with van der Waals surface area (Å²) in [6.45, 7) is 10.0. The number of rotatable bonds is 4. The third kappa shape index (κ3) is 9.65. The Labute approximate surface area is 200 Å². The van der Waals surface area contributed by atoms with Crippen molar-refractivity contribution in [2.24, 2.45) is 17.8 Å². The van der Waals surface area contributed by atoms with E-state index in [4.69, 9.17) is 23.7 Å². The number of ether oxygens (including phenoxy) is 5. The number of carbonyl (C=O) groups excluding carboxylic acids is 1. The van der Waals surface area contributed by atoms with E-state index in [0.717, 1.165) is 32.1 Å². The smallest absolute Gasteiger partial charge is 0.311 e. The third-order valence-corrected chi connectivity index (χ3v) is 6.67. The average molecular weight is 471 g/mol. The minimum atomic E-state index is -0.558. The van der Waals surface area contributed by atoms with E-state index in [1.807, 2.05) is 20.8 Å². The van der Waals surface area contributed by atoms with Gasteiger partial charge in [-0.05, 0) is 77.6 Å². The van der Waals surface area contributed by atoms with Gasteiger partial charge in [-0.3, -0.25) is 4.79 Å². The van der Waals surface area contributed by atoms with Crippen LogP contribution in [0.15, 0.2) is 12.2 Å². The van der Waals surface area contributed by atoms with Crippen molar-refractivity contribution in [1.82, 2.24) is 0 Å². The second-order valence-electron chi connectivity index (χ2n) is 10.4. The quantitative estimate of drug-likeness (QED) is 0.365. The summed E-state index contributed by atoms with van der Waals surface area (Å²) < 4.78 is 29.1. The zero-order chi connectivity index (χ0) is 24.4. The molecule has 0 aromatic carbocycles. The van der Waals surface area contributed by atoms with Gasteiger partial charge in [0.2, 0.25) is 0 Å². The number of fused-ring (bicyclic) bond motifs is 1. The van der Waals surface area contributed by atoms with Crippen molar-refractivity contribution in [3.8, 4) is 0 Å². The van der Waals surface area contributed by atoms with E-state index in [9.17, 15) is 9.90 Å². The van der Waals surface area contributed by atoms with Gasteiger partial charge in [0.15, 0.2) is 5.79 Å². The maximum atomic E-state index is 12.9. The van der Waals surface area contributed by atoms with Crippen molar-refractivity contribution < 1.29 is 33.6 Å². The summed E-state index contributed by atoms with van der Waals surface area (Å²) in [5.41, 5.74) is 0. The molecule has 0 spiro atoms. The fraction of sp³-hybridized carbons (Fsp3) is 0.885. The molecule has 7 atom stereocenters. The normalized spacial score (nSPS) is 38.0. The van der Waals surface area contributed by atoms with Crippen LogP contribution in [0.1, 0.15) is 79.6 Å². The Hall–Kier alpha value is -0.990. The van der Waals surface area contributed by atoms with E-state index in [-0.39, 0.29) is 37.7 Å². The molecule has 1 N–H and O–H groups in total. The number of aliphatic hydroxyl groups is 1. The zero-order valence-electron chi connectivity index (χ0n) is 21.5. The lowest BCUT2D eigenvalue weighted by Gasteiger charge is -2.28. The van der Waals surface area contributed by atoms with Crippen LogP contribution in [0.3, 0.4) is 0 Å². The Balaban J connectivity index is 2.15. The SMILES string of the molecule is COCO[C@@H]1C[C@@H](C)CC[C@@H]2OC(C)(C)O[C@H]2CC/C=C/C[C@@H](C)C[C@@H](CO)OC(=O)[C@@H]1C. The first-order chi connectivity index (χ1) is 15.6. The Morgan fingerprint density at radius 1 is 1.03 bits per heavy atom. The second kappa shape index (κ2) is 13.8. The van der Waals surface area contributed by atoms with E-state index in [2.05, 4.69) is 26.0 Å². The fourth-order valence-corrected chi connectivity index (χ4v) is 4.77. The first-order valence-electron chi connectivity index (χ1n) is 12.6.